The van der Waals surface area contributed by atoms with Gasteiger partial charge in [-0.15, -0.1) is 0 Å². The summed E-state index contributed by atoms with van der Waals surface area (Å²) in [4.78, 5) is 0. The number of rotatable bonds is 5. The van der Waals surface area contributed by atoms with E-state index in [1.807, 2.05) is 12.1 Å². The second-order valence-electron chi connectivity index (χ2n) is 4.47. The van der Waals surface area contributed by atoms with Gasteiger partial charge in [0.05, 0.1) is 12.2 Å². The molecule has 0 aliphatic heterocycles. The lowest BCUT2D eigenvalue weighted by atomic mass is 10.1. The first-order valence-corrected chi connectivity index (χ1v) is 6.31. The Balaban J connectivity index is 1.98. The molecule has 6 heteroatoms. The summed E-state index contributed by atoms with van der Waals surface area (Å²) in [5, 5.41) is 22.8. The molecule has 0 atom stereocenters. The van der Waals surface area contributed by atoms with Crippen LogP contribution in [-0.4, -0.2) is 11.7 Å². The lowest BCUT2D eigenvalue weighted by Crippen LogP contribution is -2.10. The molecule has 2 rings (SSSR count). The predicted molar refractivity (Wildman–Crippen MR) is 83.1 cm³/mol. The molecule has 0 radical (unpaired) electrons. The van der Waals surface area contributed by atoms with Crippen LogP contribution in [0.3, 0.4) is 0 Å². The standard InChI is InChI=1S/C15H16N6/c16-14(17)11-3-1-10(2-4-11)9-20-21-13-7-5-12(6-8-13)15(18)19/h1-8H,9H2,(H3,16,17)(H3,18,19). The monoisotopic (exact) mass is 280 g/mol. The number of nitrogens with one attached hydrogen (secondary N) is 2. The van der Waals surface area contributed by atoms with Gasteiger partial charge >= 0.3 is 0 Å². The second-order valence-corrected chi connectivity index (χ2v) is 4.47. The molecule has 0 amide bonds. The third-order valence-corrected chi connectivity index (χ3v) is 2.88. The van der Waals surface area contributed by atoms with Crippen molar-refractivity contribution in [1.82, 2.24) is 0 Å². The molecule has 0 heterocycles. The highest BCUT2D eigenvalue weighted by atomic mass is 15.1. The van der Waals surface area contributed by atoms with Crippen molar-refractivity contribution in [3.8, 4) is 0 Å². The maximum absolute atomic E-state index is 7.32. The molecule has 6 nitrogen and oxygen atoms in total. The van der Waals surface area contributed by atoms with Crippen LogP contribution in [0.2, 0.25) is 0 Å². The van der Waals surface area contributed by atoms with Gasteiger partial charge in [-0.25, -0.2) is 0 Å². The molecule has 0 bridgehead atoms. The van der Waals surface area contributed by atoms with Gasteiger partial charge in [-0.2, -0.15) is 10.2 Å². The molecule has 2 aromatic carbocycles. The highest BCUT2D eigenvalue weighted by Gasteiger charge is 1.97. The van der Waals surface area contributed by atoms with E-state index in [-0.39, 0.29) is 11.7 Å². The Kier molecular flexibility index (Phi) is 4.40. The number of nitrogens with zero attached hydrogens (tertiary/aromatic N) is 2. The second kappa shape index (κ2) is 6.42. The maximum atomic E-state index is 7.32. The molecule has 0 aliphatic rings. The zero-order valence-electron chi connectivity index (χ0n) is 11.4. The molecule has 0 saturated carbocycles. The van der Waals surface area contributed by atoms with Gasteiger partial charge in [0.1, 0.15) is 11.7 Å². The zero-order valence-corrected chi connectivity index (χ0v) is 11.4. The Morgan fingerprint density at radius 3 is 1.76 bits per heavy atom. The molecule has 0 fully saturated rings. The van der Waals surface area contributed by atoms with Gasteiger partial charge in [-0.3, -0.25) is 10.8 Å². The van der Waals surface area contributed by atoms with E-state index in [0.29, 0.717) is 23.4 Å². The van der Waals surface area contributed by atoms with E-state index in [1.165, 1.54) is 0 Å². The molecular weight excluding hydrogens is 264 g/mol. The van der Waals surface area contributed by atoms with Gasteiger partial charge in [0.15, 0.2) is 0 Å². The van der Waals surface area contributed by atoms with Crippen LogP contribution in [0, 0.1) is 10.8 Å². The van der Waals surface area contributed by atoms with Gasteiger partial charge < -0.3 is 11.5 Å². The van der Waals surface area contributed by atoms with Crippen molar-refractivity contribution < 1.29 is 0 Å². The number of hydrogen-bond acceptors (Lipinski definition) is 4. The number of amidine groups is 2. The largest absolute Gasteiger partial charge is 0.384 e. The van der Waals surface area contributed by atoms with Crippen LogP contribution in [-0.2, 0) is 6.54 Å². The quantitative estimate of drug-likeness (QED) is 0.382. The summed E-state index contributed by atoms with van der Waals surface area (Å²) in [6.07, 6.45) is 0. The number of azo groups is 1. The summed E-state index contributed by atoms with van der Waals surface area (Å²) in [5.41, 5.74) is 13.8. The fourth-order valence-electron chi connectivity index (χ4n) is 1.70. The molecule has 2 aromatic rings. The Morgan fingerprint density at radius 2 is 1.29 bits per heavy atom. The molecule has 0 spiro atoms. The number of benzene rings is 2. The van der Waals surface area contributed by atoms with E-state index < -0.39 is 0 Å². The van der Waals surface area contributed by atoms with Crippen LogP contribution < -0.4 is 11.5 Å². The fraction of sp³-hybridized carbons (Fsp3) is 0.0667. The Hall–Kier alpha value is -3.02. The van der Waals surface area contributed by atoms with E-state index in [4.69, 9.17) is 22.3 Å². The predicted octanol–water partition coefficient (Wildman–Crippen LogP) is 2.54. The molecule has 0 saturated heterocycles. The van der Waals surface area contributed by atoms with Crippen molar-refractivity contribution in [2.24, 2.45) is 21.7 Å². The topological polar surface area (TPSA) is 124 Å². The van der Waals surface area contributed by atoms with E-state index in [0.717, 1.165) is 5.56 Å². The Bertz CT molecular complexity index is 670. The number of hydrogen-bond donors (Lipinski definition) is 4. The summed E-state index contributed by atoms with van der Waals surface area (Å²) in [5.74, 6) is 0.0813. The summed E-state index contributed by atoms with van der Waals surface area (Å²) in [6, 6.07) is 14.3. The minimum absolute atomic E-state index is 0.0315. The van der Waals surface area contributed by atoms with Gasteiger partial charge in [-0.05, 0) is 29.8 Å². The van der Waals surface area contributed by atoms with Gasteiger partial charge in [0.2, 0.25) is 0 Å². The molecule has 0 aliphatic carbocycles. The Labute approximate surface area is 122 Å². The van der Waals surface area contributed by atoms with Crippen LogP contribution in [0.1, 0.15) is 16.7 Å². The normalized spacial score (nSPS) is 10.7. The summed E-state index contributed by atoms with van der Waals surface area (Å²) in [7, 11) is 0. The first-order chi connectivity index (χ1) is 10.1. The first-order valence-electron chi connectivity index (χ1n) is 6.31. The minimum atomic E-state index is 0.0315. The van der Waals surface area contributed by atoms with E-state index in [2.05, 4.69) is 10.2 Å². The van der Waals surface area contributed by atoms with Crippen LogP contribution in [0.15, 0.2) is 58.8 Å². The number of nitrogen functional groups attached to an aromatic ring is 2. The number of nitrogens with two attached hydrogens (primary N) is 2. The molecule has 0 aromatic heterocycles. The average molecular weight is 280 g/mol. The zero-order chi connectivity index (χ0) is 15.2. The van der Waals surface area contributed by atoms with Gasteiger partial charge in [0.25, 0.3) is 0 Å². The molecule has 106 valence electrons. The molecule has 6 N–H and O–H groups in total. The molecule has 0 unspecified atom stereocenters. The van der Waals surface area contributed by atoms with Crippen molar-refractivity contribution >= 4 is 17.4 Å². The van der Waals surface area contributed by atoms with E-state index in [1.54, 1.807) is 36.4 Å². The van der Waals surface area contributed by atoms with Crippen molar-refractivity contribution in [2.45, 2.75) is 6.54 Å². The lowest BCUT2D eigenvalue weighted by Gasteiger charge is -2.00. The molecule has 21 heavy (non-hydrogen) atoms. The molecular formula is C15H16N6. The van der Waals surface area contributed by atoms with Crippen LogP contribution in [0.5, 0.6) is 0 Å². The lowest BCUT2D eigenvalue weighted by molar-refractivity contribution is 0.959. The summed E-state index contributed by atoms with van der Waals surface area (Å²) >= 11 is 0. The highest BCUT2D eigenvalue weighted by Crippen LogP contribution is 2.14. The third-order valence-electron chi connectivity index (χ3n) is 2.88. The average Bonchev–Trinajstić information content (AvgIpc) is 2.48. The van der Waals surface area contributed by atoms with Gasteiger partial charge in [-0.1, -0.05) is 24.3 Å². The van der Waals surface area contributed by atoms with Crippen LogP contribution >= 0.6 is 0 Å². The third kappa shape index (κ3) is 3.97. The summed E-state index contributed by atoms with van der Waals surface area (Å²) < 4.78 is 0. The van der Waals surface area contributed by atoms with Crippen LogP contribution in [0.4, 0.5) is 5.69 Å². The maximum Gasteiger partial charge on any atom is 0.122 e. The van der Waals surface area contributed by atoms with Crippen molar-refractivity contribution in [3.05, 3.63) is 65.2 Å². The van der Waals surface area contributed by atoms with Crippen molar-refractivity contribution in [1.29, 1.82) is 10.8 Å². The smallest absolute Gasteiger partial charge is 0.122 e. The van der Waals surface area contributed by atoms with Crippen molar-refractivity contribution in [3.63, 3.8) is 0 Å². The Morgan fingerprint density at radius 1 is 0.810 bits per heavy atom. The van der Waals surface area contributed by atoms with E-state index >= 15 is 0 Å². The summed E-state index contributed by atoms with van der Waals surface area (Å²) in [6.45, 7) is 0.451. The van der Waals surface area contributed by atoms with E-state index in [9.17, 15) is 0 Å². The first kappa shape index (κ1) is 14.4. The minimum Gasteiger partial charge on any atom is -0.384 e. The van der Waals surface area contributed by atoms with Crippen molar-refractivity contribution in [2.75, 3.05) is 0 Å². The fourth-order valence-corrected chi connectivity index (χ4v) is 1.70. The highest BCUT2D eigenvalue weighted by molar-refractivity contribution is 5.95. The van der Waals surface area contributed by atoms with Crippen LogP contribution in [0.25, 0.3) is 0 Å². The SMILES string of the molecule is N=C(N)c1ccc(CN=Nc2ccc(C(=N)N)cc2)cc1. The van der Waals surface area contributed by atoms with Gasteiger partial charge in [0, 0.05) is 11.1 Å².